The van der Waals surface area contributed by atoms with E-state index in [1.165, 1.54) is 5.56 Å². The lowest BCUT2D eigenvalue weighted by molar-refractivity contribution is -0.144. The number of hydroxylamine groups is 1. The van der Waals surface area contributed by atoms with Gasteiger partial charge in [0, 0.05) is 37.9 Å². The van der Waals surface area contributed by atoms with Crippen LogP contribution in [-0.2, 0) is 9.59 Å². The minimum Gasteiger partial charge on any atom is -0.341 e. The average Bonchev–Trinajstić information content (AvgIpc) is 3.22. The van der Waals surface area contributed by atoms with Crippen molar-refractivity contribution in [1.82, 2.24) is 20.7 Å². The fourth-order valence-electron chi connectivity index (χ4n) is 4.33. The van der Waals surface area contributed by atoms with Crippen LogP contribution in [0.25, 0.3) is 0 Å². The normalized spacial score (nSPS) is 30.3. The number of likely N-dealkylation sites (tertiary alicyclic amines) is 1. The molecule has 2 aliphatic heterocycles. The van der Waals surface area contributed by atoms with Crippen LogP contribution in [0, 0.1) is 11.3 Å². The fourth-order valence-corrected chi connectivity index (χ4v) is 4.33. The summed E-state index contributed by atoms with van der Waals surface area (Å²) in [4.78, 5) is 31.0. The second-order valence-electron chi connectivity index (χ2n) is 7.70. The number of amides is 2. The van der Waals surface area contributed by atoms with E-state index in [0.717, 1.165) is 25.8 Å². The molecule has 1 saturated carbocycles. The first-order chi connectivity index (χ1) is 12.1. The highest BCUT2D eigenvalue weighted by molar-refractivity contribution is 5.90. The number of carbonyl (C=O) groups is 2. The zero-order chi connectivity index (χ0) is 17.4. The molecule has 1 aliphatic carbocycles. The Morgan fingerprint density at radius 3 is 2.76 bits per heavy atom. The molecule has 3 N–H and O–H groups in total. The van der Waals surface area contributed by atoms with Gasteiger partial charge in [-0.25, -0.2) is 5.48 Å². The van der Waals surface area contributed by atoms with Crippen molar-refractivity contribution in [3.05, 3.63) is 30.1 Å². The molecule has 0 bridgehead atoms. The van der Waals surface area contributed by atoms with E-state index in [2.05, 4.69) is 10.3 Å². The molecule has 7 nitrogen and oxygen atoms in total. The first kappa shape index (κ1) is 16.5. The third-order valence-corrected chi connectivity index (χ3v) is 6.10. The third kappa shape index (κ3) is 3.14. The van der Waals surface area contributed by atoms with E-state index in [9.17, 15) is 9.59 Å². The molecule has 4 rings (SSSR count). The Bertz CT molecular complexity index is 662. The molecule has 3 atom stereocenters. The summed E-state index contributed by atoms with van der Waals surface area (Å²) in [6.45, 7) is 2.14. The van der Waals surface area contributed by atoms with Crippen molar-refractivity contribution in [2.45, 2.75) is 37.6 Å². The van der Waals surface area contributed by atoms with E-state index < -0.39 is 17.9 Å². The van der Waals surface area contributed by atoms with E-state index in [4.69, 9.17) is 5.21 Å². The molecule has 1 aromatic heterocycles. The topological polar surface area (TPSA) is 94.6 Å². The summed E-state index contributed by atoms with van der Waals surface area (Å²) in [6.07, 6.45) is 7.32. The van der Waals surface area contributed by atoms with Crippen molar-refractivity contribution in [2.24, 2.45) is 11.3 Å². The van der Waals surface area contributed by atoms with Crippen molar-refractivity contribution in [3.8, 4) is 0 Å². The molecule has 0 aromatic carbocycles. The Labute approximate surface area is 146 Å². The van der Waals surface area contributed by atoms with Gasteiger partial charge in [-0.2, -0.15) is 0 Å². The van der Waals surface area contributed by atoms with Gasteiger partial charge in [-0.1, -0.05) is 0 Å². The number of pyridine rings is 1. The van der Waals surface area contributed by atoms with E-state index in [1.807, 2.05) is 17.0 Å². The molecule has 2 saturated heterocycles. The monoisotopic (exact) mass is 344 g/mol. The number of piperidine rings is 1. The minimum absolute atomic E-state index is 0.0272. The molecule has 3 unspecified atom stereocenters. The second kappa shape index (κ2) is 6.38. The van der Waals surface area contributed by atoms with Gasteiger partial charge in [0.2, 0.25) is 11.8 Å². The number of nitrogens with one attached hydrogen (secondary N) is 2. The summed E-state index contributed by atoms with van der Waals surface area (Å²) in [7, 11) is 0. The van der Waals surface area contributed by atoms with Crippen LogP contribution in [0.1, 0.15) is 37.2 Å². The summed E-state index contributed by atoms with van der Waals surface area (Å²) >= 11 is 0. The van der Waals surface area contributed by atoms with E-state index in [1.54, 1.807) is 17.9 Å². The number of carbonyl (C=O) groups excluding carboxylic acids is 2. The van der Waals surface area contributed by atoms with Crippen LogP contribution < -0.4 is 10.8 Å². The van der Waals surface area contributed by atoms with Crippen molar-refractivity contribution >= 4 is 11.8 Å². The van der Waals surface area contributed by atoms with E-state index in [0.29, 0.717) is 25.4 Å². The molecule has 25 heavy (non-hydrogen) atoms. The van der Waals surface area contributed by atoms with E-state index >= 15 is 0 Å². The van der Waals surface area contributed by atoms with Crippen molar-refractivity contribution < 1.29 is 14.8 Å². The molecular formula is C18H24N4O3. The van der Waals surface area contributed by atoms with Gasteiger partial charge in [-0.15, -0.1) is 0 Å². The average molecular weight is 344 g/mol. The largest absolute Gasteiger partial charge is 0.341 e. The predicted octanol–water partition coefficient (Wildman–Crippen LogP) is 0.661. The third-order valence-electron chi connectivity index (χ3n) is 6.10. The zero-order valence-corrected chi connectivity index (χ0v) is 14.1. The van der Waals surface area contributed by atoms with Crippen LogP contribution >= 0.6 is 0 Å². The lowest BCUT2D eigenvalue weighted by Crippen LogP contribution is -2.58. The SMILES string of the molecule is O=C(NO)C1CC2(CC2)CNC1C(=O)N1CCC(c2ccncc2)C1. The summed E-state index contributed by atoms with van der Waals surface area (Å²) in [6, 6.07) is 3.45. The zero-order valence-electron chi connectivity index (χ0n) is 14.1. The second-order valence-corrected chi connectivity index (χ2v) is 7.70. The molecule has 3 heterocycles. The van der Waals surface area contributed by atoms with Crippen LogP contribution in [0.4, 0.5) is 0 Å². The Hall–Kier alpha value is -1.99. The quantitative estimate of drug-likeness (QED) is 0.553. The highest BCUT2D eigenvalue weighted by atomic mass is 16.5. The van der Waals surface area contributed by atoms with Crippen LogP contribution in [0.15, 0.2) is 24.5 Å². The number of rotatable bonds is 3. The van der Waals surface area contributed by atoms with Gasteiger partial charge >= 0.3 is 0 Å². The predicted molar refractivity (Wildman–Crippen MR) is 89.7 cm³/mol. The highest BCUT2D eigenvalue weighted by Crippen LogP contribution is 2.52. The van der Waals surface area contributed by atoms with Crippen LogP contribution in [0.3, 0.4) is 0 Å². The van der Waals surface area contributed by atoms with Crippen LogP contribution in [0.5, 0.6) is 0 Å². The molecular weight excluding hydrogens is 320 g/mol. The Morgan fingerprint density at radius 1 is 1.32 bits per heavy atom. The van der Waals surface area contributed by atoms with Crippen LogP contribution in [-0.4, -0.2) is 52.6 Å². The molecule has 3 aliphatic rings. The van der Waals surface area contributed by atoms with Crippen molar-refractivity contribution in [2.75, 3.05) is 19.6 Å². The summed E-state index contributed by atoms with van der Waals surface area (Å²) in [5.74, 6) is -0.675. The molecule has 7 heteroatoms. The summed E-state index contributed by atoms with van der Waals surface area (Å²) < 4.78 is 0. The maximum atomic E-state index is 13.0. The number of aromatic nitrogens is 1. The molecule has 1 aromatic rings. The number of hydrogen-bond donors (Lipinski definition) is 3. The molecule has 1 spiro atoms. The molecule has 0 radical (unpaired) electrons. The fraction of sp³-hybridized carbons (Fsp3) is 0.611. The standard InChI is InChI=1S/C18H24N4O3/c23-16(21-25)14-9-18(4-5-18)11-20-15(14)17(24)22-8-3-13(10-22)12-1-6-19-7-2-12/h1-2,6-7,13-15,20,25H,3-5,8-11H2,(H,21,23). The molecule has 134 valence electrons. The summed E-state index contributed by atoms with van der Waals surface area (Å²) in [5, 5.41) is 12.4. The van der Waals surface area contributed by atoms with E-state index in [-0.39, 0.29) is 11.3 Å². The van der Waals surface area contributed by atoms with Gasteiger partial charge in [0.25, 0.3) is 0 Å². The minimum atomic E-state index is -0.547. The summed E-state index contributed by atoms with van der Waals surface area (Å²) in [5.41, 5.74) is 3.10. The first-order valence-corrected chi connectivity index (χ1v) is 8.98. The number of nitrogens with zero attached hydrogens (tertiary/aromatic N) is 2. The van der Waals surface area contributed by atoms with Gasteiger partial charge in [0.15, 0.2) is 0 Å². The van der Waals surface area contributed by atoms with Crippen LogP contribution in [0.2, 0.25) is 0 Å². The van der Waals surface area contributed by atoms with Gasteiger partial charge in [0.1, 0.15) is 0 Å². The van der Waals surface area contributed by atoms with Gasteiger partial charge in [-0.05, 0) is 48.8 Å². The van der Waals surface area contributed by atoms with Crippen molar-refractivity contribution in [3.63, 3.8) is 0 Å². The smallest absolute Gasteiger partial charge is 0.248 e. The Balaban J connectivity index is 1.45. The first-order valence-electron chi connectivity index (χ1n) is 8.98. The Kier molecular flexibility index (Phi) is 4.21. The maximum Gasteiger partial charge on any atom is 0.248 e. The highest BCUT2D eigenvalue weighted by Gasteiger charge is 2.53. The van der Waals surface area contributed by atoms with Gasteiger partial charge in [0.05, 0.1) is 12.0 Å². The van der Waals surface area contributed by atoms with Crippen molar-refractivity contribution in [1.29, 1.82) is 0 Å². The molecule has 2 amide bonds. The Morgan fingerprint density at radius 2 is 2.08 bits per heavy atom. The number of hydrogen-bond acceptors (Lipinski definition) is 5. The lowest BCUT2D eigenvalue weighted by Gasteiger charge is -2.37. The van der Waals surface area contributed by atoms with Gasteiger partial charge in [-0.3, -0.25) is 19.8 Å². The maximum absolute atomic E-state index is 13.0. The lowest BCUT2D eigenvalue weighted by atomic mass is 9.81. The molecule has 3 fully saturated rings. The van der Waals surface area contributed by atoms with Gasteiger partial charge < -0.3 is 10.2 Å².